The molecule has 3 rings (SSSR count). The summed E-state index contributed by atoms with van der Waals surface area (Å²) in [5.74, 6) is 0.258. The summed E-state index contributed by atoms with van der Waals surface area (Å²) in [5, 5.41) is 2.71. The van der Waals surface area contributed by atoms with Crippen molar-refractivity contribution in [3.63, 3.8) is 0 Å². The topological polar surface area (TPSA) is 110 Å². The molecule has 0 aliphatic rings. The molecule has 0 aliphatic heterocycles. The van der Waals surface area contributed by atoms with Crippen LogP contribution in [0.2, 0.25) is 0 Å². The Morgan fingerprint density at radius 2 is 1.68 bits per heavy atom. The van der Waals surface area contributed by atoms with Gasteiger partial charge in [0.25, 0.3) is 5.91 Å². The Hall–Kier alpha value is -3.30. The van der Waals surface area contributed by atoms with Crippen molar-refractivity contribution >= 4 is 21.7 Å². The molecule has 1 aromatic carbocycles. The van der Waals surface area contributed by atoms with E-state index in [2.05, 4.69) is 20.0 Å². The minimum Gasteiger partial charge on any atom is -0.485 e. The lowest BCUT2D eigenvalue weighted by molar-refractivity contribution is 0.102. The minimum absolute atomic E-state index is 0.0817. The number of benzene rings is 1. The molecule has 2 heterocycles. The largest absolute Gasteiger partial charge is 0.485 e. The van der Waals surface area contributed by atoms with Gasteiger partial charge in [0.2, 0.25) is 10.0 Å². The van der Waals surface area contributed by atoms with Crippen LogP contribution in [0.5, 0.6) is 5.75 Å². The van der Waals surface area contributed by atoms with E-state index in [1.807, 2.05) is 12.1 Å². The van der Waals surface area contributed by atoms with Crippen molar-refractivity contribution < 1.29 is 17.9 Å². The number of aromatic nitrogens is 2. The van der Waals surface area contributed by atoms with Gasteiger partial charge in [0.05, 0.1) is 4.90 Å². The second kappa shape index (κ2) is 9.23. The van der Waals surface area contributed by atoms with Gasteiger partial charge in [-0.1, -0.05) is 0 Å². The van der Waals surface area contributed by atoms with Crippen LogP contribution in [-0.4, -0.2) is 29.8 Å². The zero-order valence-electron chi connectivity index (χ0n) is 17.5. The molecule has 3 aromatic rings. The first-order valence-electron chi connectivity index (χ1n) is 9.56. The second-order valence-electron chi connectivity index (χ2n) is 7.83. The van der Waals surface area contributed by atoms with Crippen LogP contribution in [0.3, 0.4) is 0 Å². The normalized spacial score (nSPS) is 11.7. The molecule has 0 unspecified atom stereocenters. The number of nitrogens with one attached hydrogen (secondary N) is 2. The highest BCUT2D eigenvalue weighted by atomic mass is 32.2. The van der Waals surface area contributed by atoms with E-state index in [-0.39, 0.29) is 10.7 Å². The van der Waals surface area contributed by atoms with Crippen LogP contribution in [0.4, 0.5) is 5.82 Å². The third-order valence-electron chi connectivity index (χ3n) is 4.01. The molecule has 0 saturated carbocycles. The number of ether oxygens (including phenoxy) is 1. The van der Waals surface area contributed by atoms with Crippen LogP contribution in [0, 0.1) is 0 Å². The molecule has 0 radical (unpaired) electrons. The van der Waals surface area contributed by atoms with Gasteiger partial charge in [-0.05, 0) is 74.9 Å². The highest BCUT2D eigenvalue weighted by molar-refractivity contribution is 7.89. The number of sulfonamides is 1. The van der Waals surface area contributed by atoms with E-state index in [1.54, 1.807) is 51.5 Å². The molecule has 0 saturated heterocycles. The maximum atomic E-state index is 12.7. The summed E-state index contributed by atoms with van der Waals surface area (Å²) in [4.78, 5) is 20.9. The van der Waals surface area contributed by atoms with E-state index in [0.717, 1.165) is 5.56 Å². The SMILES string of the molecule is CC(C)(C)NS(=O)(=O)c1ccc(C(=O)Nc2ncccc2OCc2ccncc2)cc1. The molecule has 9 heteroatoms. The van der Waals surface area contributed by atoms with Crippen molar-refractivity contribution in [1.29, 1.82) is 0 Å². The molecule has 0 atom stereocenters. The number of hydrogen-bond donors (Lipinski definition) is 2. The predicted molar refractivity (Wildman–Crippen MR) is 117 cm³/mol. The number of hydrogen-bond acceptors (Lipinski definition) is 6. The number of nitrogens with zero attached hydrogens (tertiary/aromatic N) is 2. The first-order valence-corrected chi connectivity index (χ1v) is 11.0. The highest BCUT2D eigenvalue weighted by Crippen LogP contribution is 2.23. The van der Waals surface area contributed by atoms with Gasteiger partial charge in [-0.15, -0.1) is 0 Å². The van der Waals surface area contributed by atoms with Crippen molar-refractivity contribution in [2.24, 2.45) is 0 Å². The summed E-state index contributed by atoms with van der Waals surface area (Å²) < 4.78 is 33.2. The second-order valence-corrected chi connectivity index (χ2v) is 9.51. The smallest absolute Gasteiger partial charge is 0.256 e. The molecular weight excluding hydrogens is 416 g/mol. The Kier molecular flexibility index (Phi) is 6.67. The number of carbonyl (C=O) groups excluding carboxylic acids is 1. The lowest BCUT2D eigenvalue weighted by Crippen LogP contribution is -2.40. The van der Waals surface area contributed by atoms with Gasteiger partial charge in [0.1, 0.15) is 6.61 Å². The van der Waals surface area contributed by atoms with E-state index in [9.17, 15) is 13.2 Å². The summed E-state index contributed by atoms with van der Waals surface area (Å²) in [7, 11) is -3.68. The first-order chi connectivity index (χ1) is 14.6. The highest BCUT2D eigenvalue weighted by Gasteiger charge is 2.22. The fourth-order valence-corrected chi connectivity index (χ4v) is 4.09. The molecule has 31 heavy (non-hydrogen) atoms. The van der Waals surface area contributed by atoms with Crippen molar-refractivity contribution in [3.05, 3.63) is 78.2 Å². The van der Waals surface area contributed by atoms with E-state index in [0.29, 0.717) is 17.9 Å². The van der Waals surface area contributed by atoms with Crippen molar-refractivity contribution in [1.82, 2.24) is 14.7 Å². The number of pyridine rings is 2. The Balaban J connectivity index is 1.71. The van der Waals surface area contributed by atoms with Gasteiger partial charge >= 0.3 is 0 Å². The quantitative estimate of drug-likeness (QED) is 0.583. The maximum Gasteiger partial charge on any atom is 0.256 e. The summed E-state index contributed by atoms with van der Waals surface area (Å²) in [6.45, 7) is 5.57. The number of anilines is 1. The third kappa shape index (κ3) is 6.34. The summed E-state index contributed by atoms with van der Waals surface area (Å²) in [6.07, 6.45) is 4.89. The summed E-state index contributed by atoms with van der Waals surface area (Å²) in [6, 6.07) is 12.8. The van der Waals surface area contributed by atoms with Crippen LogP contribution in [0.25, 0.3) is 0 Å². The van der Waals surface area contributed by atoms with Crippen LogP contribution in [0.1, 0.15) is 36.7 Å². The van der Waals surface area contributed by atoms with Gasteiger partial charge in [0.15, 0.2) is 11.6 Å². The van der Waals surface area contributed by atoms with Crippen molar-refractivity contribution in [2.75, 3.05) is 5.32 Å². The monoisotopic (exact) mass is 440 g/mol. The average Bonchev–Trinajstić information content (AvgIpc) is 2.72. The van der Waals surface area contributed by atoms with E-state index < -0.39 is 21.5 Å². The Morgan fingerprint density at radius 3 is 2.32 bits per heavy atom. The molecule has 0 bridgehead atoms. The van der Waals surface area contributed by atoms with E-state index in [4.69, 9.17) is 4.74 Å². The summed E-state index contributed by atoms with van der Waals surface area (Å²) >= 11 is 0. The Bertz CT molecular complexity index is 1140. The molecule has 0 aliphatic carbocycles. The Labute approximate surface area is 181 Å². The molecule has 2 aromatic heterocycles. The molecule has 162 valence electrons. The van der Waals surface area contributed by atoms with Crippen LogP contribution in [0.15, 0.2) is 72.0 Å². The fourth-order valence-electron chi connectivity index (χ4n) is 2.67. The van der Waals surface area contributed by atoms with Crippen LogP contribution >= 0.6 is 0 Å². The molecule has 2 N–H and O–H groups in total. The van der Waals surface area contributed by atoms with E-state index in [1.165, 1.54) is 24.3 Å². The zero-order valence-corrected chi connectivity index (χ0v) is 18.3. The summed E-state index contributed by atoms with van der Waals surface area (Å²) in [5.41, 5.74) is 0.609. The standard InChI is InChI=1S/C22H24N4O4S/c1-22(2,3)26-31(28,29)18-8-6-17(7-9-18)21(27)25-20-19(5-4-12-24-20)30-15-16-10-13-23-14-11-16/h4-14,26H,15H2,1-3H3,(H,24,25,27). The Morgan fingerprint density at radius 1 is 1.00 bits per heavy atom. The zero-order chi connectivity index (χ0) is 22.5. The van der Waals surface area contributed by atoms with E-state index >= 15 is 0 Å². The predicted octanol–water partition coefficient (Wildman–Crippen LogP) is 3.38. The van der Waals surface area contributed by atoms with Gasteiger partial charge < -0.3 is 10.1 Å². The van der Waals surface area contributed by atoms with Gasteiger partial charge in [-0.25, -0.2) is 18.1 Å². The molecule has 0 fully saturated rings. The molecule has 0 spiro atoms. The number of carbonyl (C=O) groups is 1. The van der Waals surface area contributed by atoms with Gasteiger partial charge in [-0.3, -0.25) is 9.78 Å². The molecular formula is C22H24N4O4S. The number of amides is 1. The molecule has 1 amide bonds. The van der Waals surface area contributed by atoms with Crippen LogP contribution in [-0.2, 0) is 16.6 Å². The minimum atomic E-state index is -3.68. The van der Waals surface area contributed by atoms with Crippen molar-refractivity contribution in [2.45, 2.75) is 37.8 Å². The van der Waals surface area contributed by atoms with Crippen LogP contribution < -0.4 is 14.8 Å². The lowest BCUT2D eigenvalue weighted by atomic mass is 10.1. The molecule has 8 nitrogen and oxygen atoms in total. The first kappa shape index (κ1) is 22.4. The fraction of sp³-hybridized carbons (Fsp3) is 0.227. The van der Waals surface area contributed by atoms with Crippen molar-refractivity contribution in [3.8, 4) is 5.75 Å². The maximum absolute atomic E-state index is 12.7. The third-order valence-corrected chi connectivity index (χ3v) is 5.79. The number of rotatable bonds is 7. The average molecular weight is 441 g/mol. The van der Waals surface area contributed by atoms with Gasteiger partial charge in [-0.2, -0.15) is 0 Å². The van der Waals surface area contributed by atoms with Gasteiger partial charge in [0, 0.05) is 29.7 Å². The lowest BCUT2D eigenvalue weighted by Gasteiger charge is -2.20.